The molecule has 0 spiro atoms. The van der Waals surface area contributed by atoms with Crippen LogP contribution in [0.4, 0.5) is 0 Å². The molecule has 0 rings (SSSR count). The number of rotatable bonds is 6. The van der Waals surface area contributed by atoms with Gasteiger partial charge in [0.25, 0.3) is 0 Å². The predicted octanol–water partition coefficient (Wildman–Crippen LogP) is 1.33. The molecule has 6 nitrogen and oxygen atoms in total. The lowest BCUT2D eigenvalue weighted by Crippen LogP contribution is -2.31. The molecule has 0 aromatic rings. The molecule has 0 bridgehead atoms. The fourth-order valence-electron chi connectivity index (χ4n) is 1.01. The van der Waals surface area contributed by atoms with E-state index in [2.05, 4.69) is 4.74 Å². The number of aliphatic carboxylic acids is 1. The molecule has 0 fully saturated rings. The van der Waals surface area contributed by atoms with Crippen LogP contribution in [0.2, 0.25) is 0 Å². The van der Waals surface area contributed by atoms with Crippen LogP contribution in [0.3, 0.4) is 0 Å². The number of ether oxygens (including phenoxy) is 1. The molecule has 0 heterocycles. The lowest BCUT2D eigenvalue weighted by molar-refractivity contribution is -0.142. The van der Waals surface area contributed by atoms with Crippen molar-refractivity contribution in [3.8, 4) is 0 Å². The number of carbonyl (C=O) groups excluding carboxylic acids is 1. The molecule has 0 amide bonds. The Kier molecular flexibility index (Phi) is 24.7. The smallest absolute Gasteiger partial charge is 0.322 e. The number of carbonyl (C=O) groups is 2. The van der Waals surface area contributed by atoms with Crippen LogP contribution in [-0.4, -0.2) is 36.2 Å². The predicted molar refractivity (Wildman–Crippen MR) is 79.9 cm³/mol. The molecule has 0 aromatic heterocycles. The van der Waals surface area contributed by atoms with Gasteiger partial charge in [-0.25, -0.2) is 0 Å². The van der Waals surface area contributed by atoms with Gasteiger partial charge in [0.1, 0.15) is 12.1 Å². The van der Waals surface area contributed by atoms with Gasteiger partial charge in [-0.2, -0.15) is 0 Å². The molecule has 0 saturated heterocycles. The summed E-state index contributed by atoms with van der Waals surface area (Å²) in [7, 11) is 1.35. The summed E-state index contributed by atoms with van der Waals surface area (Å²) in [6.45, 7) is 3.88. The first-order valence-electron chi connectivity index (χ1n) is 5.72. The van der Waals surface area contributed by atoms with E-state index < -0.39 is 18.1 Å². The maximum absolute atomic E-state index is 10.6. The zero-order valence-electron chi connectivity index (χ0n) is 11.6. The molecule has 0 saturated carbocycles. The lowest BCUT2D eigenvalue weighted by Gasteiger charge is -2.05. The Morgan fingerprint density at radius 3 is 1.63 bits per heavy atom. The van der Waals surface area contributed by atoms with E-state index in [-0.39, 0.29) is 30.8 Å². The average molecular weight is 321 g/mol. The third-order valence-electron chi connectivity index (χ3n) is 2.02. The summed E-state index contributed by atoms with van der Waals surface area (Å²) in [5.41, 5.74) is 10.5. The Labute approximate surface area is 127 Å². The first-order valence-corrected chi connectivity index (χ1v) is 5.72. The number of esters is 1. The number of carboxylic acids is 1. The van der Waals surface area contributed by atoms with Crippen LogP contribution >= 0.6 is 24.8 Å². The fraction of sp³-hybridized carbons (Fsp3) is 0.818. The summed E-state index contributed by atoms with van der Waals surface area (Å²) < 4.78 is 4.40. The van der Waals surface area contributed by atoms with Crippen molar-refractivity contribution in [1.82, 2.24) is 0 Å². The van der Waals surface area contributed by atoms with Crippen LogP contribution in [-0.2, 0) is 14.3 Å². The normalized spacial score (nSPS) is 11.6. The summed E-state index contributed by atoms with van der Waals surface area (Å²) in [5.74, 6) is -1.23. The molecule has 19 heavy (non-hydrogen) atoms. The van der Waals surface area contributed by atoms with Gasteiger partial charge < -0.3 is 21.3 Å². The summed E-state index contributed by atoms with van der Waals surface area (Å²) in [4.78, 5) is 20.5. The van der Waals surface area contributed by atoms with E-state index in [9.17, 15) is 9.59 Å². The highest BCUT2D eigenvalue weighted by molar-refractivity contribution is 5.85. The third-order valence-corrected chi connectivity index (χ3v) is 2.02. The number of carboxylic acid groups (broad SMARTS) is 1. The van der Waals surface area contributed by atoms with Crippen LogP contribution < -0.4 is 11.5 Å². The monoisotopic (exact) mass is 320 g/mol. The molecular formula is C11H26Cl2N2O4. The lowest BCUT2D eigenvalue weighted by atomic mass is 10.2. The van der Waals surface area contributed by atoms with Crippen molar-refractivity contribution in [2.45, 2.75) is 51.6 Å². The molecule has 2 atom stereocenters. The number of hydrogen-bond acceptors (Lipinski definition) is 5. The van der Waals surface area contributed by atoms with Crippen molar-refractivity contribution < 1.29 is 19.4 Å². The van der Waals surface area contributed by atoms with E-state index in [1.54, 1.807) is 0 Å². The van der Waals surface area contributed by atoms with Crippen LogP contribution in [0, 0.1) is 0 Å². The van der Waals surface area contributed by atoms with Crippen LogP contribution in [0.1, 0.15) is 39.5 Å². The van der Waals surface area contributed by atoms with Crippen molar-refractivity contribution >= 4 is 36.8 Å². The Balaban J connectivity index is -0.000000108. The van der Waals surface area contributed by atoms with E-state index in [0.717, 1.165) is 12.8 Å². The van der Waals surface area contributed by atoms with Crippen LogP contribution in [0.15, 0.2) is 0 Å². The van der Waals surface area contributed by atoms with Gasteiger partial charge in [0.15, 0.2) is 0 Å². The van der Waals surface area contributed by atoms with Gasteiger partial charge in [0, 0.05) is 0 Å². The highest BCUT2D eigenvalue weighted by Crippen LogP contribution is 1.93. The van der Waals surface area contributed by atoms with Gasteiger partial charge in [0.05, 0.1) is 7.11 Å². The minimum Gasteiger partial charge on any atom is -0.480 e. The van der Waals surface area contributed by atoms with Crippen molar-refractivity contribution in [2.24, 2.45) is 11.5 Å². The molecule has 0 aromatic carbocycles. The van der Waals surface area contributed by atoms with Gasteiger partial charge in [-0.05, 0) is 12.8 Å². The van der Waals surface area contributed by atoms with E-state index in [0.29, 0.717) is 12.8 Å². The summed E-state index contributed by atoms with van der Waals surface area (Å²) in [6, 6.07) is -1.10. The molecule has 8 heteroatoms. The standard InChI is InChI=1S/C6H13NO2.C5H11NO2.2ClH/c1-3-4-5(7)6(8)9-2;1-2-3-4(6)5(7)8;;/h5H,3-4,7H2,1-2H3;4H,2-3,6H2,1H3,(H,7,8);2*1H. The fourth-order valence-corrected chi connectivity index (χ4v) is 1.01. The number of methoxy groups -OCH3 is 1. The Morgan fingerprint density at radius 1 is 1.05 bits per heavy atom. The minimum absolute atomic E-state index is 0. The highest BCUT2D eigenvalue weighted by atomic mass is 35.5. The SMILES string of the molecule is CCCC(N)C(=O)O.CCCC(N)C(=O)OC.Cl.Cl. The number of halogens is 2. The zero-order valence-corrected chi connectivity index (χ0v) is 13.3. The summed E-state index contributed by atoms with van der Waals surface area (Å²) in [5, 5.41) is 8.19. The molecular weight excluding hydrogens is 295 g/mol. The maximum Gasteiger partial charge on any atom is 0.322 e. The molecule has 0 aliphatic heterocycles. The van der Waals surface area contributed by atoms with E-state index in [1.807, 2.05) is 13.8 Å². The van der Waals surface area contributed by atoms with E-state index >= 15 is 0 Å². The Morgan fingerprint density at radius 2 is 1.42 bits per heavy atom. The molecule has 0 aliphatic rings. The van der Waals surface area contributed by atoms with Gasteiger partial charge in [-0.15, -0.1) is 24.8 Å². The second kappa shape index (κ2) is 17.4. The second-order valence-electron chi connectivity index (χ2n) is 3.65. The second-order valence-corrected chi connectivity index (χ2v) is 3.65. The summed E-state index contributed by atoms with van der Waals surface area (Å²) >= 11 is 0. The van der Waals surface area contributed by atoms with E-state index in [4.69, 9.17) is 16.6 Å². The number of nitrogens with two attached hydrogens (primary N) is 2. The van der Waals surface area contributed by atoms with Crippen molar-refractivity contribution in [3.05, 3.63) is 0 Å². The van der Waals surface area contributed by atoms with Crippen molar-refractivity contribution in [3.63, 3.8) is 0 Å². The summed E-state index contributed by atoms with van der Waals surface area (Å²) in [6.07, 6.45) is 3.01. The zero-order chi connectivity index (χ0) is 13.8. The quantitative estimate of drug-likeness (QED) is 0.636. The van der Waals surface area contributed by atoms with Gasteiger partial charge in [-0.3, -0.25) is 9.59 Å². The van der Waals surface area contributed by atoms with Crippen molar-refractivity contribution in [2.75, 3.05) is 7.11 Å². The third kappa shape index (κ3) is 17.4. The first-order chi connectivity index (χ1) is 7.90. The Bertz CT molecular complexity index is 231. The largest absolute Gasteiger partial charge is 0.480 e. The van der Waals surface area contributed by atoms with Gasteiger partial charge in [0.2, 0.25) is 0 Å². The molecule has 0 radical (unpaired) electrons. The van der Waals surface area contributed by atoms with Crippen LogP contribution in [0.5, 0.6) is 0 Å². The van der Waals surface area contributed by atoms with Gasteiger partial charge in [-0.1, -0.05) is 26.7 Å². The molecule has 118 valence electrons. The molecule has 2 unspecified atom stereocenters. The van der Waals surface area contributed by atoms with Crippen molar-refractivity contribution in [1.29, 1.82) is 0 Å². The van der Waals surface area contributed by atoms with E-state index in [1.165, 1.54) is 7.11 Å². The first kappa shape index (κ1) is 26.9. The topological polar surface area (TPSA) is 116 Å². The molecule has 5 N–H and O–H groups in total. The average Bonchev–Trinajstić information content (AvgIpc) is 2.29. The Hall–Kier alpha value is -0.560. The van der Waals surface area contributed by atoms with Crippen LogP contribution in [0.25, 0.3) is 0 Å². The highest BCUT2D eigenvalue weighted by Gasteiger charge is 2.10. The molecule has 0 aliphatic carbocycles. The number of hydrogen-bond donors (Lipinski definition) is 3. The van der Waals surface area contributed by atoms with Gasteiger partial charge >= 0.3 is 11.9 Å². The maximum atomic E-state index is 10.6. The minimum atomic E-state index is -0.910.